The minimum atomic E-state index is -0.110. The van der Waals surface area contributed by atoms with E-state index in [0.717, 1.165) is 23.4 Å². The Morgan fingerprint density at radius 2 is 1.71 bits per heavy atom. The number of hydrogen-bond acceptors (Lipinski definition) is 7. The van der Waals surface area contributed by atoms with E-state index in [4.69, 9.17) is 24.9 Å². The van der Waals surface area contributed by atoms with E-state index in [1.54, 1.807) is 33.5 Å². The van der Waals surface area contributed by atoms with Crippen LogP contribution in [0.2, 0.25) is 0 Å². The summed E-state index contributed by atoms with van der Waals surface area (Å²) < 4.78 is 16.3. The number of rotatable bonds is 6. The highest BCUT2D eigenvalue weighted by molar-refractivity contribution is 5.59. The molecule has 3 aromatic rings. The van der Waals surface area contributed by atoms with Crippen LogP contribution in [-0.4, -0.2) is 42.7 Å². The van der Waals surface area contributed by atoms with Gasteiger partial charge in [0.1, 0.15) is 11.6 Å². The van der Waals surface area contributed by atoms with Crippen molar-refractivity contribution in [3.8, 4) is 28.6 Å². The summed E-state index contributed by atoms with van der Waals surface area (Å²) in [7, 11) is 4.83. The topological polar surface area (TPSA) is 103 Å². The van der Waals surface area contributed by atoms with Crippen LogP contribution >= 0.6 is 0 Å². The summed E-state index contributed by atoms with van der Waals surface area (Å²) in [4.78, 5) is 22.7. The van der Waals surface area contributed by atoms with Crippen LogP contribution in [0.5, 0.6) is 17.2 Å². The van der Waals surface area contributed by atoms with Crippen molar-refractivity contribution in [2.45, 2.75) is 19.5 Å². The van der Waals surface area contributed by atoms with Crippen molar-refractivity contribution in [3.05, 3.63) is 63.6 Å². The molecular formula is C23H26N4O4. The number of fused-ring (bicyclic) bond motifs is 1. The van der Waals surface area contributed by atoms with Gasteiger partial charge in [-0.25, -0.2) is 4.98 Å². The molecule has 3 N–H and O–H groups in total. The highest BCUT2D eigenvalue weighted by Crippen LogP contribution is 2.35. The lowest BCUT2D eigenvalue weighted by molar-refractivity contribution is 0.237. The Bertz CT molecular complexity index is 1140. The molecular weight excluding hydrogens is 396 g/mol. The summed E-state index contributed by atoms with van der Waals surface area (Å²) in [6, 6.07) is 11.1. The molecule has 0 spiro atoms. The number of benzene rings is 2. The maximum Gasteiger partial charge on any atom is 0.255 e. The van der Waals surface area contributed by atoms with Crippen LogP contribution in [0, 0.1) is 0 Å². The fraction of sp³-hybridized carbons (Fsp3) is 0.304. The Hall–Kier alpha value is -3.52. The van der Waals surface area contributed by atoms with Crippen molar-refractivity contribution in [2.75, 3.05) is 33.6 Å². The molecule has 1 aromatic heterocycles. The number of methoxy groups -OCH3 is 3. The van der Waals surface area contributed by atoms with Crippen LogP contribution in [0.3, 0.4) is 0 Å². The monoisotopic (exact) mass is 422 g/mol. The first-order valence-corrected chi connectivity index (χ1v) is 10.0. The first-order valence-electron chi connectivity index (χ1n) is 10.0. The van der Waals surface area contributed by atoms with Gasteiger partial charge in [-0.05, 0) is 30.3 Å². The number of anilines is 1. The average molecular weight is 422 g/mol. The lowest BCUT2D eigenvalue weighted by Crippen LogP contribution is -2.35. The zero-order valence-electron chi connectivity index (χ0n) is 17.9. The first-order chi connectivity index (χ1) is 15.0. The van der Waals surface area contributed by atoms with Crippen LogP contribution in [-0.2, 0) is 19.5 Å². The summed E-state index contributed by atoms with van der Waals surface area (Å²) in [5.74, 6) is 2.54. The Balaban J connectivity index is 1.58. The second-order valence-electron chi connectivity index (χ2n) is 7.44. The molecule has 0 aliphatic carbocycles. The number of nitrogens with zero attached hydrogens (tertiary/aromatic N) is 2. The van der Waals surface area contributed by atoms with Gasteiger partial charge in [-0.3, -0.25) is 9.69 Å². The number of nitrogens with one attached hydrogen (secondary N) is 1. The number of H-pyrrole nitrogens is 1. The summed E-state index contributed by atoms with van der Waals surface area (Å²) in [6.07, 6.45) is 0.691. The highest BCUT2D eigenvalue weighted by atomic mass is 16.5. The smallest absolute Gasteiger partial charge is 0.255 e. The lowest BCUT2D eigenvalue weighted by atomic mass is 10.0. The molecule has 162 valence electrons. The molecule has 0 saturated heterocycles. The molecule has 0 radical (unpaired) electrons. The zero-order chi connectivity index (χ0) is 22.0. The number of nitrogen functional groups attached to an aromatic ring is 1. The Kier molecular flexibility index (Phi) is 5.81. The average Bonchev–Trinajstić information content (AvgIpc) is 2.79. The number of nitrogens with two attached hydrogens (primary N) is 1. The second kappa shape index (κ2) is 8.69. The van der Waals surface area contributed by atoms with E-state index in [1.807, 2.05) is 24.3 Å². The van der Waals surface area contributed by atoms with Crippen molar-refractivity contribution >= 4 is 5.69 Å². The van der Waals surface area contributed by atoms with Crippen LogP contribution in [0.4, 0.5) is 5.69 Å². The van der Waals surface area contributed by atoms with Gasteiger partial charge in [0, 0.05) is 48.9 Å². The van der Waals surface area contributed by atoms with Crippen molar-refractivity contribution < 1.29 is 14.2 Å². The van der Waals surface area contributed by atoms with Crippen molar-refractivity contribution in [1.82, 2.24) is 14.9 Å². The normalized spacial score (nSPS) is 13.5. The Morgan fingerprint density at radius 3 is 2.39 bits per heavy atom. The minimum absolute atomic E-state index is 0.110. The minimum Gasteiger partial charge on any atom is -0.496 e. The molecule has 0 bridgehead atoms. The maximum absolute atomic E-state index is 12.8. The predicted octanol–water partition coefficient (Wildman–Crippen LogP) is 2.60. The molecule has 0 fully saturated rings. The van der Waals surface area contributed by atoms with E-state index >= 15 is 0 Å². The lowest BCUT2D eigenvalue weighted by Gasteiger charge is -2.28. The van der Waals surface area contributed by atoms with E-state index in [2.05, 4.69) is 9.88 Å². The third kappa shape index (κ3) is 4.20. The van der Waals surface area contributed by atoms with Gasteiger partial charge < -0.3 is 24.9 Å². The fourth-order valence-electron chi connectivity index (χ4n) is 3.85. The Labute approximate surface area is 180 Å². The van der Waals surface area contributed by atoms with E-state index in [9.17, 15) is 4.79 Å². The third-order valence-corrected chi connectivity index (χ3v) is 5.51. The molecule has 2 aromatic carbocycles. The summed E-state index contributed by atoms with van der Waals surface area (Å²) >= 11 is 0. The van der Waals surface area contributed by atoms with Crippen LogP contribution in [0.1, 0.15) is 16.8 Å². The van der Waals surface area contributed by atoms with Gasteiger partial charge in [-0.1, -0.05) is 0 Å². The third-order valence-electron chi connectivity index (χ3n) is 5.51. The van der Waals surface area contributed by atoms with Crippen LogP contribution in [0.25, 0.3) is 11.4 Å². The molecule has 1 aliphatic rings. The van der Waals surface area contributed by atoms with Crippen molar-refractivity contribution in [1.29, 1.82) is 0 Å². The molecule has 8 heteroatoms. The maximum atomic E-state index is 12.8. The number of ether oxygens (including phenoxy) is 3. The van der Waals surface area contributed by atoms with Gasteiger partial charge in [0.05, 0.1) is 32.6 Å². The molecule has 0 atom stereocenters. The molecule has 31 heavy (non-hydrogen) atoms. The van der Waals surface area contributed by atoms with Gasteiger partial charge in [0.2, 0.25) is 0 Å². The number of aromatic amines is 1. The van der Waals surface area contributed by atoms with Crippen molar-refractivity contribution in [2.24, 2.45) is 0 Å². The molecule has 0 amide bonds. The number of aromatic nitrogens is 2. The molecule has 2 heterocycles. The molecule has 4 rings (SSSR count). The zero-order valence-corrected chi connectivity index (χ0v) is 17.9. The predicted molar refractivity (Wildman–Crippen MR) is 119 cm³/mol. The molecule has 0 unspecified atom stereocenters. The summed E-state index contributed by atoms with van der Waals surface area (Å²) in [6.45, 7) is 1.90. The van der Waals surface area contributed by atoms with E-state index in [1.165, 1.54) is 0 Å². The fourth-order valence-corrected chi connectivity index (χ4v) is 3.85. The van der Waals surface area contributed by atoms with Crippen molar-refractivity contribution in [3.63, 3.8) is 0 Å². The summed E-state index contributed by atoms with van der Waals surface area (Å²) in [5, 5.41) is 0. The van der Waals surface area contributed by atoms with E-state index < -0.39 is 0 Å². The van der Waals surface area contributed by atoms with Gasteiger partial charge in [0.25, 0.3) is 5.56 Å². The summed E-state index contributed by atoms with van der Waals surface area (Å²) in [5.41, 5.74) is 9.66. The largest absolute Gasteiger partial charge is 0.496 e. The van der Waals surface area contributed by atoms with Gasteiger partial charge >= 0.3 is 0 Å². The van der Waals surface area contributed by atoms with E-state index in [-0.39, 0.29) is 5.56 Å². The second-order valence-corrected chi connectivity index (χ2v) is 7.44. The van der Waals surface area contributed by atoms with Crippen LogP contribution < -0.4 is 25.5 Å². The van der Waals surface area contributed by atoms with Crippen LogP contribution in [0.15, 0.2) is 41.2 Å². The van der Waals surface area contributed by atoms with Gasteiger partial charge in [-0.2, -0.15) is 0 Å². The Morgan fingerprint density at radius 1 is 1.03 bits per heavy atom. The van der Waals surface area contributed by atoms with E-state index in [0.29, 0.717) is 53.8 Å². The van der Waals surface area contributed by atoms with Gasteiger partial charge in [0.15, 0.2) is 11.5 Å². The molecule has 0 saturated carbocycles. The quantitative estimate of drug-likeness (QED) is 0.589. The number of hydrogen-bond donors (Lipinski definition) is 2. The first kappa shape index (κ1) is 20.7. The molecule has 1 aliphatic heterocycles. The highest BCUT2D eigenvalue weighted by Gasteiger charge is 2.23. The van der Waals surface area contributed by atoms with Gasteiger partial charge in [-0.15, -0.1) is 0 Å². The molecule has 8 nitrogen and oxygen atoms in total. The SMILES string of the molecule is COc1cc(OC)c(OC)cc1CN1CCc2nc(-c3ccc(N)cc3)[nH]c(=O)c2C1. The standard InChI is InChI=1S/C23H26N4O4/c1-29-19-11-21(31-3)20(30-2)10-15(19)12-27-9-8-18-17(13-27)23(28)26-22(25-18)14-4-6-16(24)7-5-14/h4-7,10-11H,8-9,12-13,24H2,1-3H3,(H,25,26,28).